The van der Waals surface area contributed by atoms with Crippen LogP contribution in [0.15, 0.2) is 30.3 Å². The average Bonchev–Trinajstić information content (AvgIpc) is 2.71. The van der Waals surface area contributed by atoms with Crippen molar-refractivity contribution < 1.29 is 14.7 Å². The number of carbonyl (C=O) groups excluding carboxylic acids is 1. The number of aliphatic carboxylic acids is 1. The Morgan fingerprint density at radius 3 is 2.59 bits per heavy atom. The van der Waals surface area contributed by atoms with Gasteiger partial charge in [0.15, 0.2) is 0 Å². The lowest BCUT2D eigenvalue weighted by Gasteiger charge is -2.29. The number of amides is 1. The van der Waals surface area contributed by atoms with Crippen LogP contribution < -0.4 is 0 Å². The Balaban J connectivity index is 1.93. The largest absolute Gasteiger partial charge is 0.480 e. The Kier molecular flexibility index (Phi) is 5.95. The number of benzene rings is 1. The summed E-state index contributed by atoms with van der Waals surface area (Å²) in [5.41, 5.74) is 1.29. The molecule has 0 aromatic heterocycles. The van der Waals surface area contributed by atoms with Crippen LogP contribution in [-0.2, 0) is 16.1 Å². The number of likely N-dealkylation sites (tertiary alicyclic amines) is 1. The van der Waals surface area contributed by atoms with E-state index in [1.54, 1.807) is 0 Å². The van der Waals surface area contributed by atoms with E-state index in [1.807, 2.05) is 18.2 Å². The Hall–Kier alpha value is -1.88. The van der Waals surface area contributed by atoms with Crippen LogP contribution in [-0.4, -0.2) is 52.5 Å². The zero-order valence-corrected chi connectivity index (χ0v) is 13.1. The molecule has 1 aliphatic rings. The predicted octanol–water partition coefficient (Wildman–Crippen LogP) is 1.97. The van der Waals surface area contributed by atoms with E-state index < -0.39 is 5.97 Å². The molecule has 2 rings (SSSR count). The van der Waals surface area contributed by atoms with Crippen LogP contribution >= 0.6 is 0 Å². The lowest BCUT2D eigenvalue weighted by atomic mass is 10.1. The molecule has 1 aromatic rings. The molecule has 1 fully saturated rings. The van der Waals surface area contributed by atoms with Gasteiger partial charge in [-0.1, -0.05) is 30.3 Å². The van der Waals surface area contributed by atoms with Gasteiger partial charge in [-0.25, -0.2) is 0 Å². The van der Waals surface area contributed by atoms with Gasteiger partial charge in [0.2, 0.25) is 5.91 Å². The molecule has 0 spiro atoms. The van der Waals surface area contributed by atoms with Gasteiger partial charge >= 0.3 is 5.97 Å². The Morgan fingerprint density at radius 1 is 1.23 bits per heavy atom. The molecule has 1 atom stereocenters. The second-order valence-corrected chi connectivity index (χ2v) is 5.89. The molecular weight excluding hydrogens is 280 g/mol. The third-order valence-electron chi connectivity index (χ3n) is 4.19. The summed E-state index contributed by atoms with van der Waals surface area (Å²) >= 11 is 0. The second kappa shape index (κ2) is 7.94. The number of nitrogens with zero attached hydrogens (tertiary/aromatic N) is 2. The quantitative estimate of drug-likeness (QED) is 0.903. The molecule has 5 nitrogen and oxygen atoms in total. The maximum atomic E-state index is 11.7. The van der Waals surface area contributed by atoms with Gasteiger partial charge in [-0.15, -0.1) is 0 Å². The van der Waals surface area contributed by atoms with E-state index in [0.717, 1.165) is 38.9 Å². The van der Waals surface area contributed by atoms with Crippen molar-refractivity contribution in [3.63, 3.8) is 0 Å². The van der Waals surface area contributed by atoms with Crippen LogP contribution in [0.2, 0.25) is 0 Å². The SMILES string of the molecule is CC(=O)N(CC(=O)O)[C@@H]1CCCN(Cc2ccccc2)CC1. The van der Waals surface area contributed by atoms with Crippen molar-refractivity contribution in [3.05, 3.63) is 35.9 Å². The highest BCUT2D eigenvalue weighted by atomic mass is 16.4. The summed E-state index contributed by atoms with van der Waals surface area (Å²) in [7, 11) is 0. The molecule has 0 radical (unpaired) electrons. The zero-order valence-electron chi connectivity index (χ0n) is 13.1. The maximum Gasteiger partial charge on any atom is 0.323 e. The molecule has 1 N–H and O–H groups in total. The third-order valence-corrected chi connectivity index (χ3v) is 4.19. The highest BCUT2D eigenvalue weighted by Crippen LogP contribution is 2.18. The van der Waals surface area contributed by atoms with Crippen LogP contribution in [0.3, 0.4) is 0 Å². The molecule has 22 heavy (non-hydrogen) atoms. The van der Waals surface area contributed by atoms with Crippen molar-refractivity contribution in [2.24, 2.45) is 0 Å². The number of hydrogen-bond donors (Lipinski definition) is 1. The third kappa shape index (κ3) is 4.84. The summed E-state index contributed by atoms with van der Waals surface area (Å²) in [4.78, 5) is 26.5. The fourth-order valence-corrected chi connectivity index (χ4v) is 3.09. The van der Waals surface area contributed by atoms with E-state index >= 15 is 0 Å². The van der Waals surface area contributed by atoms with E-state index in [0.29, 0.717) is 0 Å². The normalized spacial score (nSPS) is 19.4. The Bertz CT molecular complexity index is 504. The van der Waals surface area contributed by atoms with Crippen molar-refractivity contribution in [3.8, 4) is 0 Å². The summed E-state index contributed by atoms with van der Waals surface area (Å²) in [5, 5.41) is 8.98. The molecule has 0 aliphatic carbocycles. The van der Waals surface area contributed by atoms with Crippen molar-refractivity contribution >= 4 is 11.9 Å². The first kappa shape index (κ1) is 16.5. The summed E-state index contributed by atoms with van der Waals surface area (Å²) in [6.07, 6.45) is 2.69. The summed E-state index contributed by atoms with van der Waals surface area (Å²) in [5.74, 6) is -1.09. The Labute approximate surface area is 131 Å². The molecule has 0 saturated carbocycles. The zero-order chi connectivity index (χ0) is 15.9. The van der Waals surface area contributed by atoms with E-state index in [2.05, 4.69) is 17.0 Å². The first-order valence-corrected chi connectivity index (χ1v) is 7.81. The highest BCUT2D eigenvalue weighted by Gasteiger charge is 2.25. The van der Waals surface area contributed by atoms with Crippen LogP contribution in [0.1, 0.15) is 31.7 Å². The van der Waals surface area contributed by atoms with E-state index in [-0.39, 0.29) is 18.5 Å². The molecular formula is C17H24N2O3. The molecule has 1 saturated heterocycles. The van der Waals surface area contributed by atoms with Crippen molar-refractivity contribution in [1.82, 2.24) is 9.80 Å². The molecule has 5 heteroatoms. The van der Waals surface area contributed by atoms with Gasteiger partial charge in [0.1, 0.15) is 6.54 Å². The summed E-state index contributed by atoms with van der Waals surface area (Å²) in [6, 6.07) is 10.4. The van der Waals surface area contributed by atoms with Gasteiger partial charge in [0.05, 0.1) is 0 Å². The van der Waals surface area contributed by atoms with Crippen LogP contribution in [0.4, 0.5) is 0 Å². The number of carboxylic acid groups (broad SMARTS) is 1. The lowest BCUT2D eigenvalue weighted by molar-refractivity contribution is -0.145. The predicted molar refractivity (Wildman–Crippen MR) is 84.4 cm³/mol. The van der Waals surface area contributed by atoms with Gasteiger partial charge in [0, 0.05) is 26.1 Å². The molecule has 1 heterocycles. The van der Waals surface area contributed by atoms with Gasteiger partial charge in [0.25, 0.3) is 0 Å². The maximum absolute atomic E-state index is 11.7. The number of hydrogen-bond acceptors (Lipinski definition) is 3. The molecule has 0 unspecified atom stereocenters. The van der Waals surface area contributed by atoms with Gasteiger partial charge < -0.3 is 10.0 Å². The molecule has 1 aromatic carbocycles. The fraction of sp³-hybridized carbons (Fsp3) is 0.529. The minimum absolute atomic E-state index is 0.0365. The van der Waals surface area contributed by atoms with E-state index in [1.165, 1.54) is 17.4 Å². The second-order valence-electron chi connectivity index (χ2n) is 5.89. The average molecular weight is 304 g/mol. The smallest absolute Gasteiger partial charge is 0.323 e. The Morgan fingerprint density at radius 2 is 1.95 bits per heavy atom. The van der Waals surface area contributed by atoms with Gasteiger partial charge in [-0.05, 0) is 31.4 Å². The lowest BCUT2D eigenvalue weighted by Crippen LogP contribution is -2.42. The highest BCUT2D eigenvalue weighted by molar-refractivity contribution is 5.79. The molecule has 1 amide bonds. The minimum atomic E-state index is -0.944. The standard InChI is InChI=1S/C17H24N2O3/c1-14(20)19(13-17(21)22)16-8-5-10-18(11-9-16)12-15-6-3-2-4-7-15/h2-4,6-7,16H,5,8-13H2,1H3,(H,21,22)/t16-/m1/s1. The number of carboxylic acids is 1. The summed E-state index contributed by atoms with van der Waals surface area (Å²) < 4.78 is 0. The van der Waals surface area contributed by atoms with Crippen molar-refractivity contribution in [2.45, 2.75) is 38.8 Å². The van der Waals surface area contributed by atoms with Crippen LogP contribution in [0.5, 0.6) is 0 Å². The number of carbonyl (C=O) groups is 2. The van der Waals surface area contributed by atoms with Gasteiger partial charge in [-0.3, -0.25) is 14.5 Å². The first-order valence-electron chi connectivity index (χ1n) is 7.81. The summed E-state index contributed by atoms with van der Waals surface area (Å²) in [6.45, 7) is 4.05. The first-order chi connectivity index (χ1) is 10.6. The number of rotatable bonds is 5. The topological polar surface area (TPSA) is 60.9 Å². The van der Waals surface area contributed by atoms with Crippen LogP contribution in [0, 0.1) is 0 Å². The van der Waals surface area contributed by atoms with Crippen molar-refractivity contribution in [1.29, 1.82) is 0 Å². The molecule has 120 valence electrons. The molecule has 1 aliphatic heterocycles. The minimum Gasteiger partial charge on any atom is -0.480 e. The van der Waals surface area contributed by atoms with Crippen LogP contribution in [0.25, 0.3) is 0 Å². The monoisotopic (exact) mass is 304 g/mol. The van der Waals surface area contributed by atoms with E-state index in [9.17, 15) is 9.59 Å². The van der Waals surface area contributed by atoms with E-state index in [4.69, 9.17) is 5.11 Å². The van der Waals surface area contributed by atoms with Gasteiger partial charge in [-0.2, -0.15) is 0 Å². The fourth-order valence-electron chi connectivity index (χ4n) is 3.09. The molecule has 0 bridgehead atoms. The van der Waals surface area contributed by atoms with Crippen molar-refractivity contribution in [2.75, 3.05) is 19.6 Å².